The highest BCUT2D eigenvalue weighted by atomic mass is 16.5. The SMILES string of the molecule is CCC(C(=O)OC)c1ccc2[nH]ccc2c1. The van der Waals surface area contributed by atoms with Gasteiger partial charge in [0.1, 0.15) is 0 Å². The van der Waals surface area contributed by atoms with Crippen molar-refractivity contribution in [1.29, 1.82) is 0 Å². The third kappa shape index (κ3) is 1.81. The number of H-pyrrole nitrogens is 1. The van der Waals surface area contributed by atoms with Crippen LogP contribution in [0.4, 0.5) is 0 Å². The van der Waals surface area contributed by atoms with E-state index >= 15 is 0 Å². The second kappa shape index (κ2) is 4.39. The molecule has 1 aromatic heterocycles. The second-order valence-electron chi connectivity index (χ2n) is 3.81. The zero-order valence-corrected chi connectivity index (χ0v) is 9.49. The van der Waals surface area contributed by atoms with Crippen LogP contribution in [0.15, 0.2) is 30.5 Å². The van der Waals surface area contributed by atoms with Crippen molar-refractivity contribution in [2.24, 2.45) is 0 Å². The number of fused-ring (bicyclic) bond motifs is 1. The smallest absolute Gasteiger partial charge is 0.313 e. The van der Waals surface area contributed by atoms with Crippen LogP contribution in [0.3, 0.4) is 0 Å². The Morgan fingerprint density at radius 2 is 2.25 bits per heavy atom. The Labute approximate surface area is 94.4 Å². The van der Waals surface area contributed by atoms with Crippen LogP contribution in [0, 0.1) is 0 Å². The van der Waals surface area contributed by atoms with Crippen molar-refractivity contribution in [3.05, 3.63) is 36.0 Å². The molecule has 16 heavy (non-hydrogen) atoms. The molecule has 0 bridgehead atoms. The van der Waals surface area contributed by atoms with Crippen LogP contribution >= 0.6 is 0 Å². The van der Waals surface area contributed by atoms with Gasteiger partial charge in [-0.1, -0.05) is 13.0 Å². The molecule has 0 saturated heterocycles. The van der Waals surface area contributed by atoms with Gasteiger partial charge in [-0.3, -0.25) is 4.79 Å². The van der Waals surface area contributed by atoms with E-state index in [1.54, 1.807) is 0 Å². The first-order chi connectivity index (χ1) is 7.76. The Kier molecular flexibility index (Phi) is 2.95. The maximum atomic E-state index is 11.6. The molecule has 0 spiro atoms. The van der Waals surface area contributed by atoms with Crippen LogP contribution in [0.5, 0.6) is 0 Å². The quantitative estimate of drug-likeness (QED) is 0.803. The summed E-state index contributed by atoms with van der Waals surface area (Å²) in [5.74, 6) is -0.332. The van der Waals surface area contributed by atoms with Crippen LogP contribution in [0.2, 0.25) is 0 Å². The number of nitrogens with one attached hydrogen (secondary N) is 1. The first-order valence-electron chi connectivity index (χ1n) is 5.41. The molecule has 2 aromatic rings. The van der Waals surface area contributed by atoms with Crippen LogP contribution in [0.1, 0.15) is 24.8 Å². The minimum atomic E-state index is -0.169. The van der Waals surface area contributed by atoms with Crippen LogP contribution in [-0.4, -0.2) is 18.1 Å². The Bertz CT molecular complexity index is 501. The molecule has 1 aromatic carbocycles. The Balaban J connectivity index is 2.40. The lowest BCUT2D eigenvalue weighted by atomic mass is 9.95. The molecule has 1 heterocycles. The predicted molar refractivity (Wildman–Crippen MR) is 63.3 cm³/mol. The fourth-order valence-electron chi connectivity index (χ4n) is 1.97. The molecule has 0 amide bonds. The van der Waals surface area contributed by atoms with Crippen molar-refractivity contribution in [3.63, 3.8) is 0 Å². The summed E-state index contributed by atoms with van der Waals surface area (Å²) in [6, 6.07) is 8.01. The molecule has 0 aliphatic heterocycles. The van der Waals surface area contributed by atoms with Gasteiger partial charge in [0, 0.05) is 11.7 Å². The molecular formula is C13H15NO2. The lowest BCUT2D eigenvalue weighted by Crippen LogP contribution is -2.13. The molecule has 1 N–H and O–H groups in total. The average Bonchev–Trinajstić information content (AvgIpc) is 2.77. The summed E-state index contributed by atoms with van der Waals surface area (Å²) in [6.45, 7) is 1.99. The number of hydrogen-bond acceptors (Lipinski definition) is 2. The van der Waals surface area contributed by atoms with Crippen molar-refractivity contribution in [1.82, 2.24) is 4.98 Å². The van der Waals surface area contributed by atoms with Crippen molar-refractivity contribution < 1.29 is 9.53 Å². The molecule has 0 aliphatic carbocycles. The van der Waals surface area contributed by atoms with E-state index in [2.05, 4.69) is 4.98 Å². The average molecular weight is 217 g/mol. The number of rotatable bonds is 3. The molecule has 1 unspecified atom stereocenters. The molecule has 84 valence electrons. The molecule has 3 heteroatoms. The van der Waals surface area contributed by atoms with Crippen LogP contribution in [0.25, 0.3) is 10.9 Å². The van der Waals surface area contributed by atoms with Gasteiger partial charge in [0.05, 0.1) is 13.0 Å². The van der Waals surface area contributed by atoms with Gasteiger partial charge in [0.25, 0.3) is 0 Å². The van der Waals surface area contributed by atoms with Crippen molar-refractivity contribution >= 4 is 16.9 Å². The summed E-state index contributed by atoms with van der Waals surface area (Å²) in [6.07, 6.45) is 2.65. The van der Waals surface area contributed by atoms with Gasteiger partial charge in [-0.25, -0.2) is 0 Å². The van der Waals surface area contributed by atoms with Crippen LogP contribution in [-0.2, 0) is 9.53 Å². The normalized spacial score (nSPS) is 12.6. The van der Waals surface area contributed by atoms with Gasteiger partial charge in [0.2, 0.25) is 0 Å². The van der Waals surface area contributed by atoms with E-state index in [-0.39, 0.29) is 11.9 Å². The Morgan fingerprint density at radius 3 is 2.94 bits per heavy atom. The summed E-state index contributed by atoms with van der Waals surface area (Å²) in [5.41, 5.74) is 2.10. The Hall–Kier alpha value is -1.77. The van der Waals surface area contributed by atoms with Crippen LogP contribution < -0.4 is 0 Å². The lowest BCUT2D eigenvalue weighted by Gasteiger charge is -2.12. The highest BCUT2D eigenvalue weighted by Gasteiger charge is 2.19. The second-order valence-corrected chi connectivity index (χ2v) is 3.81. The minimum absolute atomic E-state index is 0.163. The zero-order valence-electron chi connectivity index (χ0n) is 9.49. The molecular weight excluding hydrogens is 202 g/mol. The summed E-state index contributed by atoms with van der Waals surface area (Å²) >= 11 is 0. The van der Waals surface area contributed by atoms with E-state index in [1.807, 2.05) is 37.4 Å². The molecule has 2 rings (SSSR count). The topological polar surface area (TPSA) is 42.1 Å². The lowest BCUT2D eigenvalue weighted by molar-refractivity contribution is -0.142. The maximum absolute atomic E-state index is 11.6. The number of carbonyl (C=O) groups excluding carboxylic acids is 1. The predicted octanol–water partition coefficient (Wildman–Crippen LogP) is 2.83. The third-order valence-corrected chi connectivity index (χ3v) is 2.87. The molecule has 0 fully saturated rings. The largest absolute Gasteiger partial charge is 0.469 e. The summed E-state index contributed by atoms with van der Waals surface area (Å²) < 4.78 is 4.80. The number of esters is 1. The maximum Gasteiger partial charge on any atom is 0.313 e. The number of aromatic nitrogens is 1. The van der Waals surface area contributed by atoms with Crippen molar-refractivity contribution in [2.75, 3.05) is 7.11 Å². The van der Waals surface area contributed by atoms with Gasteiger partial charge in [-0.05, 0) is 35.6 Å². The molecule has 1 atom stereocenters. The third-order valence-electron chi connectivity index (χ3n) is 2.87. The van der Waals surface area contributed by atoms with E-state index in [4.69, 9.17) is 4.74 Å². The van der Waals surface area contributed by atoms with E-state index in [0.29, 0.717) is 0 Å². The first-order valence-corrected chi connectivity index (χ1v) is 5.41. The number of ether oxygens (including phenoxy) is 1. The fourth-order valence-corrected chi connectivity index (χ4v) is 1.97. The standard InChI is InChI=1S/C13H15NO2/c1-3-11(13(15)16-2)9-4-5-12-10(8-9)6-7-14-12/h4-8,11,14H,3H2,1-2H3. The van der Waals surface area contributed by atoms with E-state index < -0.39 is 0 Å². The Morgan fingerprint density at radius 1 is 1.44 bits per heavy atom. The van der Waals surface area contributed by atoms with Gasteiger partial charge >= 0.3 is 5.97 Å². The van der Waals surface area contributed by atoms with Crippen molar-refractivity contribution in [3.8, 4) is 0 Å². The molecule has 0 aliphatic rings. The highest BCUT2D eigenvalue weighted by Crippen LogP contribution is 2.24. The van der Waals surface area contributed by atoms with E-state index in [1.165, 1.54) is 7.11 Å². The number of methoxy groups -OCH3 is 1. The number of carbonyl (C=O) groups is 1. The van der Waals surface area contributed by atoms with E-state index in [0.717, 1.165) is 22.9 Å². The molecule has 0 saturated carbocycles. The minimum Gasteiger partial charge on any atom is -0.469 e. The van der Waals surface area contributed by atoms with Gasteiger partial charge in [-0.2, -0.15) is 0 Å². The first kappa shape index (κ1) is 10.7. The summed E-state index contributed by atoms with van der Waals surface area (Å²) in [7, 11) is 1.43. The van der Waals surface area contributed by atoms with Gasteiger partial charge < -0.3 is 9.72 Å². The summed E-state index contributed by atoms with van der Waals surface area (Å²) in [4.78, 5) is 14.7. The van der Waals surface area contributed by atoms with E-state index in [9.17, 15) is 4.79 Å². The molecule has 0 radical (unpaired) electrons. The highest BCUT2D eigenvalue weighted by molar-refractivity contribution is 5.83. The van der Waals surface area contributed by atoms with Gasteiger partial charge in [0.15, 0.2) is 0 Å². The summed E-state index contributed by atoms with van der Waals surface area (Å²) in [5, 5.41) is 1.12. The number of benzene rings is 1. The fraction of sp³-hybridized carbons (Fsp3) is 0.308. The molecule has 3 nitrogen and oxygen atoms in total. The van der Waals surface area contributed by atoms with Crippen molar-refractivity contribution in [2.45, 2.75) is 19.3 Å². The number of hydrogen-bond donors (Lipinski definition) is 1. The van der Waals surface area contributed by atoms with Gasteiger partial charge in [-0.15, -0.1) is 0 Å². The monoisotopic (exact) mass is 217 g/mol. The number of aromatic amines is 1. The zero-order chi connectivity index (χ0) is 11.5.